The third-order valence-corrected chi connectivity index (χ3v) is 3.75. The number of rotatable bonds is 9. The molecule has 0 saturated carbocycles. The van der Waals surface area contributed by atoms with Crippen molar-refractivity contribution in [1.29, 1.82) is 0 Å². The van der Waals surface area contributed by atoms with E-state index in [0.29, 0.717) is 12.6 Å². The molecule has 4 nitrogen and oxygen atoms in total. The summed E-state index contributed by atoms with van der Waals surface area (Å²) in [7, 11) is 0. The molecule has 1 rings (SSSR count). The summed E-state index contributed by atoms with van der Waals surface area (Å²) < 4.78 is 0.754. The number of nitro benzene ring substituents is 1. The number of hydrogen-bond donors (Lipinski definition) is 1. The Balaban J connectivity index is 2.64. The van der Waals surface area contributed by atoms with Crippen molar-refractivity contribution in [3.63, 3.8) is 0 Å². The molecule has 0 aliphatic heterocycles. The monoisotopic (exact) mass is 342 g/mol. The van der Waals surface area contributed by atoms with Crippen molar-refractivity contribution in [2.24, 2.45) is 0 Å². The maximum absolute atomic E-state index is 10.9. The summed E-state index contributed by atoms with van der Waals surface area (Å²) in [6, 6.07) is 5.60. The van der Waals surface area contributed by atoms with E-state index in [1.54, 1.807) is 6.07 Å². The number of nitrogens with one attached hydrogen (secondary N) is 1. The molecular weight excluding hydrogens is 320 g/mol. The first-order chi connectivity index (χ1) is 9.56. The minimum atomic E-state index is -0.352. The number of benzene rings is 1. The number of hydrogen-bond acceptors (Lipinski definition) is 3. The first kappa shape index (κ1) is 17.1. The Hall–Kier alpha value is -0.940. The molecule has 1 unspecified atom stereocenters. The molecule has 0 fully saturated rings. The molecule has 0 saturated heterocycles. The fourth-order valence-corrected chi connectivity index (χ4v) is 2.78. The van der Waals surface area contributed by atoms with Crippen molar-refractivity contribution >= 4 is 21.6 Å². The zero-order valence-corrected chi connectivity index (χ0v) is 13.8. The third kappa shape index (κ3) is 6.01. The minimum absolute atomic E-state index is 0.136. The van der Waals surface area contributed by atoms with Gasteiger partial charge in [-0.2, -0.15) is 0 Å². The Bertz CT molecular complexity index is 438. The van der Waals surface area contributed by atoms with Crippen molar-refractivity contribution in [3.8, 4) is 0 Å². The molecule has 0 amide bonds. The summed E-state index contributed by atoms with van der Waals surface area (Å²) >= 11 is 3.33. The van der Waals surface area contributed by atoms with Gasteiger partial charge in [-0.15, -0.1) is 0 Å². The van der Waals surface area contributed by atoms with Crippen molar-refractivity contribution in [1.82, 2.24) is 5.32 Å². The average molecular weight is 343 g/mol. The SMILES string of the molecule is CCCCC(CCC)NCc1cc(Br)cc([N+](=O)[O-])c1. The lowest BCUT2D eigenvalue weighted by Crippen LogP contribution is -2.28. The summed E-state index contributed by atoms with van der Waals surface area (Å²) in [6.07, 6.45) is 5.89. The molecular formula is C15H23BrN2O2. The van der Waals surface area contributed by atoms with Crippen molar-refractivity contribution in [2.75, 3.05) is 0 Å². The van der Waals surface area contributed by atoms with E-state index in [1.807, 2.05) is 6.07 Å². The van der Waals surface area contributed by atoms with Crippen molar-refractivity contribution < 1.29 is 4.92 Å². The lowest BCUT2D eigenvalue weighted by molar-refractivity contribution is -0.385. The normalized spacial score (nSPS) is 12.3. The van der Waals surface area contributed by atoms with E-state index in [-0.39, 0.29) is 10.6 Å². The van der Waals surface area contributed by atoms with Crippen LogP contribution >= 0.6 is 15.9 Å². The van der Waals surface area contributed by atoms with Gasteiger partial charge in [0.15, 0.2) is 0 Å². The molecule has 112 valence electrons. The van der Waals surface area contributed by atoms with Gasteiger partial charge in [-0.3, -0.25) is 10.1 Å². The van der Waals surface area contributed by atoms with Crippen LogP contribution in [-0.2, 0) is 6.54 Å². The van der Waals surface area contributed by atoms with Gasteiger partial charge in [0.25, 0.3) is 5.69 Å². The molecule has 5 heteroatoms. The number of non-ortho nitro benzene ring substituents is 1. The summed E-state index contributed by atoms with van der Waals surface area (Å²) in [5, 5.41) is 14.4. The Labute approximate surface area is 129 Å². The Kier molecular flexibility index (Phi) is 7.77. The highest BCUT2D eigenvalue weighted by molar-refractivity contribution is 9.10. The van der Waals surface area contributed by atoms with Gasteiger partial charge in [0.05, 0.1) is 4.92 Å². The zero-order valence-electron chi connectivity index (χ0n) is 12.2. The van der Waals surface area contributed by atoms with Gasteiger partial charge >= 0.3 is 0 Å². The first-order valence-electron chi connectivity index (χ1n) is 7.24. The van der Waals surface area contributed by atoms with Gasteiger partial charge in [-0.1, -0.05) is 49.0 Å². The predicted octanol–water partition coefficient (Wildman–Crippen LogP) is 4.81. The van der Waals surface area contributed by atoms with Crippen LogP contribution < -0.4 is 5.32 Å². The Morgan fingerprint density at radius 3 is 2.60 bits per heavy atom. The number of halogens is 1. The summed E-state index contributed by atoms with van der Waals surface area (Å²) in [5.74, 6) is 0. The average Bonchev–Trinajstić information content (AvgIpc) is 2.41. The maximum Gasteiger partial charge on any atom is 0.270 e. The minimum Gasteiger partial charge on any atom is -0.310 e. The Morgan fingerprint density at radius 1 is 1.25 bits per heavy atom. The van der Waals surface area contributed by atoms with E-state index in [9.17, 15) is 10.1 Å². The molecule has 0 bridgehead atoms. The number of nitrogens with zero attached hydrogens (tertiary/aromatic N) is 1. The standard InChI is InChI=1S/C15H23BrN2O2/c1-3-5-7-14(6-4-2)17-11-12-8-13(16)10-15(9-12)18(19)20/h8-10,14,17H,3-7,11H2,1-2H3. The molecule has 0 aliphatic rings. The lowest BCUT2D eigenvalue weighted by atomic mass is 10.0. The summed E-state index contributed by atoms with van der Waals surface area (Å²) in [6.45, 7) is 5.06. The number of nitro groups is 1. The van der Waals surface area contributed by atoms with E-state index in [4.69, 9.17) is 0 Å². The van der Waals surface area contributed by atoms with Crippen LogP contribution in [0.1, 0.15) is 51.5 Å². The van der Waals surface area contributed by atoms with Crippen molar-refractivity contribution in [3.05, 3.63) is 38.3 Å². The smallest absolute Gasteiger partial charge is 0.270 e. The summed E-state index contributed by atoms with van der Waals surface area (Å²) in [4.78, 5) is 10.5. The van der Waals surface area contributed by atoms with Crippen LogP contribution in [0, 0.1) is 10.1 Å². The van der Waals surface area contributed by atoms with Crippen LogP contribution in [0.3, 0.4) is 0 Å². The fraction of sp³-hybridized carbons (Fsp3) is 0.600. The van der Waals surface area contributed by atoms with Gasteiger partial charge in [-0.25, -0.2) is 0 Å². The Morgan fingerprint density at radius 2 is 2.00 bits per heavy atom. The van der Waals surface area contributed by atoms with Crippen molar-refractivity contribution in [2.45, 2.75) is 58.5 Å². The number of unbranched alkanes of at least 4 members (excludes halogenated alkanes) is 1. The van der Waals surface area contributed by atoms with E-state index in [1.165, 1.54) is 25.3 Å². The van der Waals surface area contributed by atoms with Crippen LogP contribution in [-0.4, -0.2) is 11.0 Å². The highest BCUT2D eigenvalue weighted by Crippen LogP contribution is 2.21. The molecule has 1 N–H and O–H groups in total. The highest BCUT2D eigenvalue weighted by Gasteiger charge is 2.11. The molecule has 1 aromatic carbocycles. The van der Waals surface area contributed by atoms with Gasteiger partial charge in [0, 0.05) is 29.2 Å². The second kappa shape index (κ2) is 9.08. The van der Waals surface area contributed by atoms with Gasteiger partial charge in [-0.05, 0) is 24.5 Å². The lowest BCUT2D eigenvalue weighted by Gasteiger charge is -2.18. The van der Waals surface area contributed by atoms with Crippen LogP contribution in [0.25, 0.3) is 0 Å². The molecule has 0 heterocycles. The molecule has 0 radical (unpaired) electrons. The van der Waals surface area contributed by atoms with Gasteiger partial charge < -0.3 is 5.32 Å². The molecule has 1 atom stereocenters. The topological polar surface area (TPSA) is 55.2 Å². The fourth-order valence-electron chi connectivity index (χ4n) is 2.25. The van der Waals surface area contributed by atoms with Crippen LogP contribution in [0.4, 0.5) is 5.69 Å². The zero-order chi connectivity index (χ0) is 15.0. The molecule has 1 aromatic rings. The molecule has 0 aromatic heterocycles. The third-order valence-electron chi connectivity index (χ3n) is 3.29. The van der Waals surface area contributed by atoms with Gasteiger partial charge in [0.1, 0.15) is 0 Å². The molecule has 0 spiro atoms. The molecule has 20 heavy (non-hydrogen) atoms. The van der Waals surface area contributed by atoms with Crippen LogP contribution in [0.15, 0.2) is 22.7 Å². The second-order valence-electron chi connectivity index (χ2n) is 5.08. The van der Waals surface area contributed by atoms with E-state index < -0.39 is 0 Å². The van der Waals surface area contributed by atoms with Crippen LogP contribution in [0.2, 0.25) is 0 Å². The quantitative estimate of drug-likeness (QED) is 0.517. The van der Waals surface area contributed by atoms with Crippen LogP contribution in [0.5, 0.6) is 0 Å². The maximum atomic E-state index is 10.9. The summed E-state index contributed by atoms with van der Waals surface area (Å²) in [5.41, 5.74) is 1.08. The first-order valence-corrected chi connectivity index (χ1v) is 8.03. The predicted molar refractivity (Wildman–Crippen MR) is 85.9 cm³/mol. The van der Waals surface area contributed by atoms with E-state index >= 15 is 0 Å². The highest BCUT2D eigenvalue weighted by atomic mass is 79.9. The molecule has 0 aliphatic carbocycles. The van der Waals surface area contributed by atoms with Gasteiger partial charge in [0.2, 0.25) is 0 Å². The second-order valence-corrected chi connectivity index (χ2v) is 6.00. The van der Waals surface area contributed by atoms with E-state index in [2.05, 4.69) is 35.1 Å². The largest absolute Gasteiger partial charge is 0.310 e. The van der Waals surface area contributed by atoms with E-state index in [0.717, 1.165) is 22.9 Å².